The van der Waals surface area contributed by atoms with Crippen molar-refractivity contribution in [3.63, 3.8) is 0 Å². The molecule has 0 spiro atoms. The maximum absolute atomic E-state index is 12.2. The molecule has 2 saturated heterocycles. The summed E-state index contributed by atoms with van der Waals surface area (Å²) in [7, 11) is 0. The van der Waals surface area contributed by atoms with Gasteiger partial charge in [-0.05, 0) is 59.7 Å². The number of aliphatic hydroxyl groups excluding tert-OH is 2. The van der Waals surface area contributed by atoms with Crippen molar-refractivity contribution < 1.29 is 34.5 Å². The smallest absolute Gasteiger partial charge is 0.243 e. The van der Waals surface area contributed by atoms with E-state index in [-0.39, 0.29) is 50.2 Å². The van der Waals surface area contributed by atoms with Crippen LogP contribution in [0.4, 0.5) is 0 Å². The molecule has 0 bridgehead atoms. The van der Waals surface area contributed by atoms with E-state index in [1.807, 2.05) is 72.8 Å². The molecule has 4 atom stereocenters. The third-order valence-corrected chi connectivity index (χ3v) is 8.63. The Kier molecular flexibility index (Phi) is 11.7. The molecule has 0 radical (unpaired) electrons. The maximum Gasteiger partial charge on any atom is 0.243 e. The minimum atomic E-state index is -0.555. The van der Waals surface area contributed by atoms with Gasteiger partial charge in [-0.25, -0.2) is 5.48 Å². The highest BCUT2D eigenvalue weighted by molar-refractivity contribution is 5.78. The summed E-state index contributed by atoms with van der Waals surface area (Å²) in [4.78, 5) is 25.6. The summed E-state index contributed by atoms with van der Waals surface area (Å²) >= 11 is 0. The van der Waals surface area contributed by atoms with Gasteiger partial charge in [0.2, 0.25) is 11.8 Å². The average Bonchev–Trinajstić information content (AvgIpc) is 3.54. The molecule has 2 aliphatic heterocycles. The average molecular weight is 618 g/mol. The Balaban J connectivity index is 1.25. The van der Waals surface area contributed by atoms with Gasteiger partial charge in [0, 0.05) is 44.0 Å². The fraction of sp³-hybridized carbons (Fsp3) is 0.429. The highest BCUT2D eigenvalue weighted by Gasteiger charge is 2.35. The first-order chi connectivity index (χ1) is 21.9. The van der Waals surface area contributed by atoms with Crippen molar-refractivity contribution in [1.82, 2.24) is 15.7 Å². The molecule has 2 fully saturated rings. The molecular formula is C35H43N3O7. The number of carbonyl (C=O) groups is 2. The molecule has 3 aromatic rings. The van der Waals surface area contributed by atoms with Crippen LogP contribution in [0.2, 0.25) is 0 Å². The van der Waals surface area contributed by atoms with Crippen LogP contribution in [0.15, 0.2) is 72.8 Å². The normalized spacial score (nSPS) is 21.8. The molecule has 2 amide bonds. The van der Waals surface area contributed by atoms with Crippen LogP contribution in [-0.4, -0.2) is 64.0 Å². The fourth-order valence-electron chi connectivity index (χ4n) is 6.08. The van der Waals surface area contributed by atoms with E-state index in [0.29, 0.717) is 19.4 Å². The molecule has 2 heterocycles. The van der Waals surface area contributed by atoms with E-state index in [9.17, 15) is 19.8 Å². The number of nitrogens with one attached hydrogen (secondary N) is 2. The molecule has 0 saturated carbocycles. The van der Waals surface area contributed by atoms with Crippen molar-refractivity contribution in [1.29, 1.82) is 0 Å². The predicted molar refractivity (Wildman–Crippen MR) is 168 cm³/mol. The van der Waals surface area contributed by atoms with Gasteiger partial charge in [-0.1, -0.05) is 66.7 Å². The monoisotopic (exact) mass is 617 g/mol. The first kappa shape index (κ1) is 32.7. The van der Waals surface area contributed by atoms with Gasteiger partial charge in [-0.2, -0.15) is 0 Å². The lowest BCUT2D eigenvalue weighted by molar-refractivity contribution is -0.253. The molecular weight excluding hydrogens is 574 g/mol. The molecule has 5 rings (SSSR count). The first-order valence-corrected chi connectivity index (χ1v) is 15.7. The van der Waals surface area contributed by atoms with Gasteiger partial charge < -0.3 is 25.0 Å². The molecule has 0 aromatic heterocycles. The lowest BCUT2D eigenvalue weighted by atomic mass is 9.98. The zero-order valence-corrected chi connectivity index (χ0v) is 25.4. The van der Waals surface area contributed by atoms with E-state index in [1.54, 1.807) is 5.48 Å². The van der Waals surface area contributed by atoms with E-state index in [2.05, 4.69) is 10.2 Å². The Bertz CT molecular complexity index is 1400. The zero-order chi connectivity index (χ0) is 31.6. The van der Waals surface area contributed by atoms with Gasteiger partial charge in [-0.15, -0.1) is 0 Å². The summed E-state index contributed by atoms with van der Waals surface area (Å²) in [5.41, 5.74) is 7.38. The van der Waals surface area contributed by atoms with Crippen LogP contribution in [-0.2, 0) is 32.2 Å². The summed E-state index contributed by atoms with van der Waals surface area (Å²) in [6.07, 6.45) is 2.62. The van der Waals surface area contributed by atoms with Crippen LogP contribution in [0.3, 0.4) is 0 Å². The molecule has 3 aromatic carbocycles. The summed E-state index contributed by atoms with van der Waals surface area (Å²) in [6, 6.07) is 24.2. The number of hydrogen-bond acceptors (Lipinski definition) is 8. The number of hydrogen-bond donors (Lipinski definition) is 5. The van der Waals surface area contributed by atoms with Crippen LogP contribution in [0.5, 0.6) is 0 Å². The number of amides is 2. The zero-order valence-electron chi connectivity index (χ0n) is 25.4. The van der Waals surface area contributed by atoms with E-state index < -0.39 is 12.2 Å². The van der Waals surface area contributed by atoms with Crippen molar-refractivity contribution in [2.24, 2.45) is 0 Å². The van der Waals surface area contributed by atoms with Crippen molar-refractivity contribution in [2.75, 3.05) is 19.7 Å². The third kappa shape index (κ3) is 8.97. The lowest BCUT2D eigenvalue weighted by Gasteiger charge is -2.38. The van der Waals surface area contributed by atoms with Gasteiger partial charge in [0.15, 0.2) is 6.29 Å². The van der Waals surface area contributed by atoms with E-state index in [4.69, 9.17) is 14.7 Å². The molecule has 240 valence electrons. The maximum atomic E-state index is 12.2. The molecule has 0 aliphatic carbocycles. The number of rotatable bonds is 13. The van der Waals surface area contributed by atoms with Crippen LogP contribution >= 0.6 is 0 Å². The SMILES string of the molecule is O=C(CCCC(=O)NCc1cccc(-c2ccc(C3OC(CN4CCCC4CO)CC(c4ccc(CO)cc4)O3)cc2)c1)NO. The Hall–Kier alpha value is -3.64. The highest BCUT2D eigenvalue weighted by Crippen LogP contribution is 2.39. The summed E-state index contributed by atoms with van der Waals surface area (Å²) in [6.45, 7) is 2.20. The van der Waals surface area contributed by atoms with Crippen LogP contribution < -0.4 is 10.8 Å². The molecule has 2 aliphatic rings. The number of nitrogens with zero attached hydrogens (tertiary/aromatic N) is 1. The highest BCUT2D eigenvalue weighted by atomic mass is 16.7. The van der Waals surface area contributed by atoms with Gasteiger partial charge in [0.05, 0.1) is 25.4 Å². The summed E-state index contributed by atoms with van der Waals surface area (Å²) in [5, 5.41) is 30.8. The number of benzene rings is 3. The lowest BCUT2D eigenvalue weighted by Crippen LogP contribution is -2.42. The van der Waals surface area contributed by atoms with E-state index in [1.165, 1.54) is 0 Å². The van der Waals surface area contributed by atoms with Gasteiger partial charge in [-0.3, -0.25) is 19.7 Å². The molecule has 4 unspecified atom stereocenters. The van der Waals surface area contributed by atoms with Gasteiger partial charge in [0.1, 0.15) is 0 Å². The molecule has 10 nitrogen and oxygen atoms in total. The van der Waals surface area contributed by atoms with Crippen molar-refractivity contribution in [3.8, 4) is 11.1 Å². The second-order valence-corrected chi connectivity index (χ2v) is 11.8. The van der Waals surface area contributed by atoms with Crippen LogP contribution in [0.25, 0.3) is 11.1 Å². The number of carbonyl (C=O) groups excluding carboxylic acids is 2. The van der Waals surface area contributed by atoms with Gasteiger partial charge in [0.25, 0.3) is 0 Å². The Morgan fingerprint density at radius 2 is 1.62 bits per heavy atom. The van der Waals surface area contributed by atoms with E-state index in [0.717, 1.165) is 59.3 Å². The Morgan fingerprint density at radius 3 is 2.36 bits per heavy atom. The van der Waals surface area contributed by atoms with E-state index >= 15 is 0 Å². The Morgan fingerprint density at radius 1 is 0.867 bits per heavy atom. The predicted octanol–water partition coefficient (Wildman–Crippen LogP) is 4.14. The van der Waals surface area contributed by atoms with Gasteiger partial charge >= 0.3 is 0 Å². The number of hydroxylamine groups is 1. The topological polar surface area (TPSA) is 141 Å². The Labute approximate surface area is 263 Å². The number of ether oxygens (including phenoxy) is 2. The standard InChI is InChI=1S/C35H43N3O7/c39-22-24-9-11-27(12-10-24)32-19-31(21-38-17-3-6-30(38)23-40)44-35(45-32)28-15-13-26(14-16-28)29-5-1-4-25(18-29)20-36-33(41)7-2-8-34(42)37-43/h1,4-5,9-16,18,30-32,35,39-40,43H,2-3,6-8,17,19-23H2,(H,36,41)(H,37,42). The number of aliphatic hydroxyl groups is 2. The third-order valence-electron chi connectivity index (χ3n) is 8.63. The molecule has 45 heavy (non-hydrogen) atoms. The number of likely N-dealkylation sites (tertiary alicyclic amines) is 1. The second kappa shape index (κ2) is 16.1. The van der Waals surface area contributed by atoms with Crippen molar-refractivity contribution in [2.45, 2.75) is 76.2 Å². The minimum Gasteiger partial charge on any atom is -0.395 e. The first-order valence-electron chi connectivity index (χ1n) is 15.7. The van der Waals surface area contributed by atoms with Crippen LogP contribution in [0, 0.1) is 0 Å². The largest absolute Gasteiger partial charge is 0.395 e. The molecule has 5 N–H and O–H groups in total. The second-order valence-electron chi connectivity index (χ2n) is 11.8. The minimum absolute atomic E-state index is 0.00500. The fourth-order valence-corrected chi connectivity index (χ4v) is 6.08. The summed E-state index contributed by atoms with van der Waals surface area (Å²) in [5.74, 6) is -0.657. The van der Waals surface area contributed by atoms with Crippen molar-refractivity contribution in [3.05, 3.63) is 95.1 Å². The summed E-state index contributed by atoms with van der Waals surface area (Å²) < 4.78 is 13.0. The molecule has 10 heteroatoms. The van der Waals surface area contributed by atoms with Crippen LogP contribution in [0.1, 0.15) is 73.2 Å². The van der Waals surface area contributed by atoms with Crippen molar-refractivity contribution >= 4 is 11.8 Å². The quantitative estimate of drug-likeness (QED) is 0.142.